The maximum atomic E-state index is 11.9. The molecule has 0 bridgehead atoms. The Labute approximate surface area is 103 Å². The van der Waals surface area contributed by atoms with Crippen LogP contribution in [0.5, 0.6) is 0 Å². The van der Waals surface area contributed by atoms with Gasteiger partial charge in [0, 0.05) is 33.3 Å². The maximum Gasteiger partial charge on any atom is 0.269 e. The van der Waals surface area contributed by atoms with E-state index in [1.54, 1.807) is 19.0 Å². The summed E-state index contributed by atoms with van der Waals surface area (Å²) in [5.74, 6) is -0.535. The Kier molecular flexibility index (Phi) is 7.02. The van der Waals surface area contributed by atoms with Crippen LogP contribution in [0.4, 0.5) is 0 Å². The third kappa shape index (κ3) is 5.38. The molecule has 0 spiro atoms. The molecule has 5 heteroatoms. The van der Waals surface area contributed by atoms with E-state index >= 15 is 0 Å². The molecule has 0 atom stereocenters. The molecule has 0 aliphatic heterocycles. The lowest BCUT2D eigenvalue weighted by molar-refractivity contribution is -0.128. The first-order valence-electron chi connectivity index (χ1n) is 5.91. The molecule has 0 aromatic rings. The predicted octanol–water partition coefficient (Wildman–Crippen LogP) is 0.566. The topological polar surface area (TPSA) is 66.6 Å². The molecule has 0 rings (SSSR count). The molecule has 5 nitrogen and oxygen atoms in total. The Morgan fingerprint density at radius 2 is 1.59 bits per heavy atom. The zero-order valence-electron chi connectivity index (χ0n) is 11.2. The maximum absolute atomic E-state index is 11.9. The smallest absolute Gasteiger partial charge is 0.269 e. The van der Waals surface area contributed by atoms with Gasteiger partial charge in [0.25, 0.3) is 5.91 Å². The van der Waals surface area contributed by atoms with Crippen molar-refractivity contribution in [2.75, 3.05) is 27.2 Å². The molecule has 0 saturated carbocycles. The van der Waals surface area contributed by atoms with Gasteiger partial charge in [0.1, 0.15) is 5.70 Å². The summed E-state index contributed by atoms with van der Waals surface area (Å²) in [6.45, 7) is 5.39. The number of hydrogen-bond acceptors (Lipinski definition) is 3. The van der Waals surface area contributed by atoms with E-state index < -0.39 is 0 Å². The highest BCUT2D eigenvalue weighted by Crippen LogP contribution is 1.99. The van der Waals surface area contributed by atoms with Crippen LogP contribution in [0, 0.1) is 0 Å². The number of hydrogen-bond donors (Lipinski definition) is 1. The highest BCUT2D eigenvalue weighted by Gasteiger charge is 2.13. The Morgan fingerprint density at radius 3 is 1.94 bits per heavy atom. The SMILES string of the molecule is CCCN(CCC)C(=O)/C=C(/N)C(=O)N(C)C. The molecule has 0 saturated heterocycles. The van der Waals surface area contributed by atoms with Crippen LogP contribution >= 0.6 is 0 Å². The van der Waals surface area contributed by atoms with Crippen molar-refractivity contribution in [3.8, 4) is 0 Å². The van der Waals surface area contributed by atoms with Gasteiger partial charge in [-0.05, 0) is 12.8 Å². The molecule has 0 radical (unpaired) electrons. The first kappa shape index (κ1) is 15.5. The second-order valence-electron chi connectivity index (χ2n) is 4.12. The average Bonchev–Trinajstić information content (AvgIpc) is 2.27. The molecule has 0 aromatic heterocycles. The molecule has 2 N–H and O–H groups in total. The van der Waals surface area contributed by atoms with Crippen LogP contribution < -0.4 is 5.73 Å². The number of likely N-dealkylation sites (N-methyl/N-ethyl adjacent to an activating group) is 1. The van der Waals surface area contributed by atoms with E-state index in [1.165, 1.54) is 11.0 Å². The van der Waals surface area contributed by atoms with Gasteiger partial charge in [0.15, 0.2) is 0 Å². The van der Waals surface area contributed by atoms with Gasteiger partial charge in [-0.3, -0.25) is 9.59 Å². The third-order valence-electron chi connectivity index (χ3n) is 2.23. The highest BCUT2D eigenvalue weighted by molar-refractivity contribution is 6.00. The molecule has 98 valence electrons. The Balaban J connectivity index is 4.67. The fraction of sp³-hybridized carbons (Fsp3) is 0.667. The van der Waals surface area contributed by atoms with Gasteiger partial charge < -0.3 is 15.5 Å². The molecule has 17 heavy (non-hydrogen) atoms. The minimum absolute atomic E-state index is 0.0165. The fourth-order valence-corrected chi connectivity index (χ4v) is 1.42. The van der Waals surface area contributed by atoms with Crippen molar-refractivity contribution in [3.63, 3.8) is 0 Å². The normalized spacial score (nSPS) is 11.2. The van der Waals surface area contributed by atoms with E-state index in [2.05, 4.69) is 0 Å². The molecule has 0 unspecified atom stereocenters. The molecule has 2 amide bonds. The number of carbonyl (C=O) groups excluding carboxylic acids is 2. The van der Waals surface area contributed by atoms with Gasteiger partial charge in [-0.1, -0.05) is 13.8 Å². The average molecular weight is 241 g/mol. The third-order valence-corrected chi connectivity index (χ3v) is 2.23. The van der Waals surface area contributed by atoms with Crippen LogP contribution in [0.15, 0.2) is 11.8 Å². The minimum Gasteiger partial charge on any atom is -0.394 e. The van der Waals surface area contributed by atoms with Crippen molar-refractivity contribution in [1.29, 1.82) is 0 Å². The van der Waals surface area contributed by atoms with Crippen molar-refractivity contribution >= 4 is 11.8 Å². The standard InChI is InChI=1S/C12H23N3O2/c1-5-7-15(8-6-2)11(16)9-10(13)12(17)14(3)4/h9H,5-8,13H2,1-4H3/b10-9+. The Hall–Kier alpha value is -1.52. The second kappa shape index (κ2) is 7.70. The number of nitrogens with zero attached hydrogens (tertiary/aromatic N) is 2. The van der Waals surface area contributed by atoms with Crippen LogP contribution in [-0.4, -0.2) is 48.8 Å². The quantitative estimate of drug-likeness (QED) is 0.691. The van der Waals surface area contributed by atoms with E-state index in [1.807, 2.05) is 13.8 Å². The van der Waals surface area contributed by atoms with Crippen LogP contribution in [0.1, 0.15) is 26.7 Å². The Morgan fingerprint density at radius 1 is 1.12 bits per heavy atom. The molecule has 0 heterocycles. The number of carbonyl (C=O) groups is 2. The first-order valence-corrected chi connectivity index (χ1v) is 5.91. The van der Waals surface area contributed by atoms with Crippen molar-refractivity contribution < 1.29 is 9.59 Å². The summed E-state index contributed by atoms with van der Waals surface area (Å²) < 4.78 is 0. The molecule has 0 aliphatic rings. The van der Waals surface area contributed by atoms with Crippen LogP contribution in [0.3, 0.4) is 0 Å². The van der Waals surface area contributed by atoms with E-state index in [0.717, 1.165) is 12.8 Å². The summed E-state index contributed by atoms with van der Waals surface area (Å²) in [6, 6.07) is 0. The molecule has 0 aromatic carbocycles. The number of nitrogens with two attached hydrogens (primary N) is 1. The van der Waals surface area contributed by atoms with Crippen molar-refractivity contribution in [2.45, 2.75) is 26.7 Å². The van der Waals surface area contributed by atoms with Crippen LogP contribution in [-0.2, 0) is 9.59 Å². The highest BCUT2D eigenvalue weighted by atomic mass is 16.2. The number of amides is 2. The van der Waals surface area contributed by atoms with Gasteiger partial charge in [0.2, 0.25) is 5.91 Å². The lowest BCUT2D eigenvalue weighted by Gasteiger charge is -2.20. The lowest BCUT2D eigenvalue weighted by atomic mass is 10.3. The van der Waals surface area contributed by atoms with E-state index in [9.17, 15) is 9.59 Å². The van der Waals surface area contributed by atoms with Crippen LogP contribution in [0.2, 0.25) is 0 Å². The molecular formula is C12H23N3O2. The van der Waals surface area contributed by atoms with Crippen LogP contribution in [0.25, 0.3) is 0 Å². The molecular weight excluding hydrogens is 218 g/mol. The lowest BCUT2D eigenvalue weighted by Crippen LogP contribution is -2.34. The van der Waals surface area contributed by atoms with Gasteiger partial charge >= 0.3 is 0 Å². The predicted molar refractivity (Wildman–Crippen MR) is 68.1 cm³/mol. The van der Waals surface area contributed by atoms with Crippen molar-refractivity contribution in [1.82, 2.24) is 9.80 Å². The zero-order chi connectivity index (χ0) is 13.4. The minimum atomic E-state index is -0.341. The monoisotopic (exact) mass is 241 g/mol. The zero-order valence-corrected chi connectivity index (χ0v) is 11.2. The van der Waals surface area contributed by atoms with E-state index in [0.29, 0.717) is 13.1 Å². The number of rotatable bonds is 6. The summed E-state index contributed by atoms with van der Waals surface area (Å²) >= 11 is 0. The summed E-state index contributed by atoms with van der Waals surface area (Å²) in [5.41, 5.74) is 5.56. The summed E-state index contributed by atoms with van der Waals surface area (Å²) in [7, 11) is 3.20. The van der Waals surface area contributed by atoms with Gasteiger partial charge in [0.05, 0.1) is 0 Å². The second-order valence-corrected chi connectivity index (χ2v) is 4.12. The first-order chi connectivity index (χ1) is 7.93. The molecule has 0 aliphatic carbocycles. The Bertz CT molecular complexity index is 292. The van der Waals surface area contributed by atoms with E-state index in [-0.39, 0.29) is 17.5 Å². The van der Waals surface area contributed by atoms with Crippen molar-refractivity contribution in [2.24, 2.45) is 5.73 Å². The summed E-state index contributed by atoms with van der Waals surface area (Å²) in [4.78, 5) is 26.4. The fourth-order valence-electron chi connectivity index (χ4n) is 1.42. The molecule has 0 fully saturated rings. The van der Waals surface area contributed by atoms with Gasteiger partial charge in [-0.2, -0.15) is 0 Å². The van der Waals surface area contributed by atoms with Gasteiger partial charge in [-0.15, -0.1) is 0 Å². The largest absolute Gasteiger partial charge is 0.394 e. The van der Waals surface area contributed by atoms with Gasteiger partial charge in [-0.25, -0.2) is 0 Å². The summed E-state index contributed by atoms with van der Waals surface area (Å²) in [6.07, 6.45) is 3.00. The van der Waals surface area contributed by atoms with E-state index in [4.69, 9.17) is 5.73 Å². The summed E-state index contributed by atoms with van der Waals surface area (Å²) in [5, 5.41) is 0. The van der Waals surface area contributed by atoms with Crippen molar-refractivity contribution in [3.05, 3.63) is 11.8 Å².